The molecule has 132 valence electrons. The molecule has 0 aliphatic carbocycles. The van der Waals surface area contributed by atoms with Gasteiger partial charge < -0.3 is 10.2 Å². The average molecular weight is 424 g/mol. The maximum Gasteiger partial charge on any atom is 0.333 e. The predicted octanol–water partition coefficient (Wildman–Crippen LogP) is 2.52. The molecule has 0 unspecified atom stereocenters. The van der Waals surface area contributed by atoms with Gasteiger partial charge in [-0.15, -0.1) is 11.3 Å². The minimum Gasteiger partial charge on any atom is -0.356 e. The SMILES string of the molecule is O=C(NNC(=O)c1ccc(Br)s1)NC1CCN(c2ccccn2)CC1. The Morgan fingerprint density at radius 3 is 2.60 bits per heavy atom. The summed E-state index contributed by atoms with van der Waals surface area (Å²) in [6, 6.07) is 9.00. The fraction of sp³-hybridized carbons (Fsp3) is 0.312. The standard InChI is InChI=1S/C16H18BrN5O2S/c17-13-5-4-12(25-13)15(23)20-21-16(24)19-11-6-9-22(10-7-11)14-3-1-2-8-18-14/h1-5,8,11H,6-7,9-10H2,(H,20,23)(H2,19,21,24). The first-order valence-electron chi connectivity index (χ1n) is 7.90. The van der Waals surface area contributed by atoms with Crippen LogP contribution in [0.1, 0.15) is 22.5 Å². The Bertz CT molecular complexity index is 731. The highest BCUT2D eigenvalue weighted by atomic mass is 79.9. The molecule has 1 aliphatic heterocycles. The molecule has 3 rings (SSSR count). The van der Waals surface area contributed by atoms with Gasteiger partial charge in [0, 0.05) is 25.3 Å². The summed E-state index contributed by atoms with van der Waals surface area (Å²) >= 11 is 4.60. The van der Waals surface area contributed by atoms with E-state index in [4.69, 9.17) is 0 Å². The zero-order valence-electron chi connectivity index (χ0n) is 13.4. The Balaban J connectivity index is 1.40. The van der Waals surface area contributed by atoms with Crippen LogP contribution in [-0.2, 0) is 0 Å². The van der Waals surface area contributed by atoms with Gasteiger partial charge in [-0.05, 0) is 53.0 Å². The number of rotatable bonds is 3. The maximum absolute atomic E-state index is 11.9. The third-order valence-electron chi connectivity index (χ3n) is 3.89. The molecule has 25 heavy (non-hydrogen) atoms. The van der Waals surface area contributed by atoms with Crippen LogP contribution >= 0.6 is 27.3 Å². The molecule has 3 amide bonds. The fourth-order valence-electron chi connectivity index (χ4n) is 2.63. The second-order valence-electron chi connectivity index (χ2n) is 5.61. The van der Waals surface area contributed by atoms with Crippen LogP contribution in [0.25, 0.3) is 0 Å². The van der Waals surface area contributed by atoms with Crippen LogP contribution in [-0.4, -0.2) is 36.1 Å². The third kappa shape index (κ3) is 4.93. The first-order valence-corrected chi connectivity index (χ1v) is 9.51. The molecule has 2 aromatic rings. The predicted molar refractivity (Wildman–Crippen MR) is 101 cm³/mol. The van der Waals surface area contributed by atoms with Gasteiger partial charge in [-0.3, -0.25) is 10.2 Å². The van der Waals surface area contributed by atoms with Crippen molar-refractivity contribution in [1.29, 1.82) is 0 Å². The second-order valence-corrected chi connectivity index (χ2v) is 8.07. The number of hydrazine groups is 1. The molecule has 7 nitrogen and oxygen atoms in total. The topological polar surface area (TPSA) is 86.4 Å². The van der Waals surface area contributed by atoms with Crippen molar-refractivity contribution in [3.8, 4) is 0 Å². The largest absolute Gasteiger partial charge is 0.356 e. The van der Waals surface area contributed by atoms with E-state index in [9.17, 15) is 9.59 Å². The van der Waals surface area contributed by atoms with E-state index >= 15 is 0 Å². The summed E-state index contributed by atoms with van der Waals surface area (Å²) in [5.74, 6) is 0.621. The number of piperidine rings is 1. The molecule has 3 heterocycles. The average Bonchev–Trinajstić information content (AvgIpc) is 3.08. The molecule has 0 atom stereocenters. The van der Waals surface area contributed by atoms with E-state index in [1.54, 1.807) is 18.3 Å². The Morgan fingerprint density at radius 2 is 1.96 bits per heavy atom. The highest BCUT2D eigenvalue weighted by molar-refractivity contribution is 9.11. The monoisotopic (exact) mass is 423 g/mol. The van der Waals surface area contributed by atoms with Crippen LogP contribution in [0, 0.1) is 0 Å². The van der Waals surface area contributed by atoms with E-state index in [-0.39, 0.29) is 11.9 Å². The summed E-state index contributed by atoms with van der Waals surface area (Å²) < 4.78 is 0.863. The van der Waals surface area contributed by atoms with E-state index in [2.05, 4.69) is 42.0 Å². The van der Waals surface area contributed by atoms with Gasteiger partial charge in [-0.25, -0.2) is 15.2 Å². The summed E-state index contributed by atoms with van der Waals surface area (Å²) in [6.45, 7) is 1.66. The minimum atomic E-state index is -0.403. The van der Waals surface area contributed by atoms with Crippen LogP contribution in [0.4, 0.5) is 10.6 Å². The summed E-state index contributed by atoms with van der Waals surface area (Å²) in [4.78, 5) is 30.9. The smallest absolute Gasteiger partial charge is 0.333 e. The van der Waals surface area contributed by atoms with E-state index in [1.807, 2.05) is 18.2 Å². The van der Waals surface area contributed by atoms with E-state index in [1.165, 1.54) is 11.3 Å². The molecule has 1 saturated heterocycles. The number of carbonyl (C=O) groups is 2. The van der Waals surface area contributed by atoms with Crippen molar-refractivity contribution in [1.82, 2.24) is 21.2 Å². The van der Waals surface area contributed by atoms with Crippen LogP contribution < -0.4 is 21.1 Å². The number of pyridine rings is 1. The van der Waals surface area contributed by atoms with E-state index < -0.39 is 6.03 Å². The van der Waals surface area contributed by atoms with Crippen molar-refractivity contribution in [3.63, 3.8) is 0 Å². The van der Waals surface area contributed by atoms with Gasteiger partial charge in [0.05, 0.1) is 8.66 Å². The quantitative estimate of drug-likeness (QED) is 0.661. The van der Waals surface area contributed by atoms with Crippen LogP contribution in [0.3, 0.4) is 0 Å². The molecule has 2 aromatic heterocycles. The Morgan fingerprint density at radius 1 is 1.16 bits per heavy atom. The lowest BCUT2D eigenvalue weighted by Gasteiger charge is -2.33. The number of anilines is 1. The van der Waals surface area contributed by atoms with Crippen LogP contribution in [0.15, 0.2) is 40.3 Å². The molecule has 0 radical (unpaired) electrons. The lowest BCUT2D eigenvalue weighted by atomic mass is 10.1. The first kappa shape index (κ1) is 17.7. The number of amides is 3. The molecule has 3 N–H and O–H groups in total. The molecule has 0 bridgehead atoms. The Hall–Kier alpha value is -2.13. The number of hydrogen-bond acceptors (Lipinski definition) is 5. The minimum absolute atomic E-state index is 0.0766. The second kappa shape index (κ2) is 8.30. The van der Waals surface area contributed by atoms with Crippen molar-refractivity contribution in [2.24, 2.45) is 0 Å². The number of urea groups is 1. The summed E-state index contributed by atoms with van der Waals surface area (Å²) in [5.41, 5.74) is 4.80. The Labute approximate surface area is 157 Å². The lowest BCUT2D eigenvalue weighted by molar-refractivity contribution is 0.0939. The molecular weight excluding hydrogens is 406 g/mol. The van der Waals surface area contributed by atoms with Crippen molar-refractivity contribution < 1.29 is 9.59 Å². The molecule has 9 heteroatoms. The molecule has 0 aromatic carbocycles. The number of halogens is 1. The van der Waals surface area contributed by atoms with Gasteiger partial charge in [-0.1, -0.05) is 6.07 Å². The van der Waals surface area contributed by atoms with Gasteiger partial charge in [0.2, 0.25) is 0 Å². The number of thiophene rings is 1. The lowest BCUT2D eigenvalue weighted by Crippen LogP contribution is -2.52. The summed E-state index contributed by atoms with van der Waals surface area (Å²) in [6.07, 6.45) is 3.44. The molecule has 0 saturated carbocycles. The van der Waals surface area contributed by atoms with Crippen molar-refractivity contribution >= 4 is 45.0 Å². The molecule has 0 spiro atoms. The normalized spacial score (nSPS) is 14.8. The van der Waals surface area contributed by atoms with Gasteiger partial charge in [0.25, 0.3) is 5.91 Å². The van der Waals surface area contributed by atoms with Crippen molar-refractivity contribution in [3.05, 3.63) is 45.2 Å². The zero-order valence-corrected chi connectivity index (χ0v) is 15.8. The summed E-state index contributed by atoms with van der Waals surface area (Å²) in [5, 5.41) is 2.89. The highest BCUT2D eigenvalue weighted by Gasteiger charge is 2.21. The maximum atomic E-state index is 11.9. The molecular formula is C16H18BrN5O2S. The number of hydrogen-bond donors (Lipinski definition) is 3. The molecule has 1 aliphatic rings. The number of nitrogens with one attached hydrogen (secondary N) is 3. The number of nitrogens with zero attached hydrogens (tertiary/aromatic N) is 2. The van der Waals surface area contributed by atoms with E-state index in [0.29, 0.717) is 4.88 Å². The van der Waals surface area contributed by atoms with Crippen LogP contribution in [0.2, 0.25) is 0 Å². The van der Waals surface area contributed by atoms with Crippen LogP contribution in [0.5, 0.6) is 0 Å². The van der Waals surface area contributed by atoms with Gasteiger partial charge in [0.15, 0.2) is 0 Å². The zero-order chi connectivity index (χ0) is 17.6. The van der Waals surface area contributed by atoms with Gasteiger partial charge in [0.1, 0.15) is 5.82 Å². The summed E-state index contributed by atoms with van der Waals surface area (Å²) in [7, 11) is 0. The first-order chi connectivity index (χ1) is 12.1. The van der Waals surface area contributed by atoms with Gasteiger partial charge in [-0.2, -0.15) is 0 Å². The Kier molecular flexibility index (Phi) is 5.87. The number of aromatic nitrogens is 1. The third-order valence-corrected chi connectivity index (χ3v) is 5.51. The number of carbonyl (C=O) groups excluding carboxylic acids is 2. The van der Waals surface area contributed by atoms with Crippen molar-refractivity contribution in [2.45, 2.75) is 18.9 Å². The molecule has 1 fully saturated rings. The highest BCUT2D eigenvalue weighted by Crippen LogP contribution is 2.21. The van der Waals surface area contributed by atoms with Gasteiger partial charge >= 0.3 is 6.03 Å². The van der Waals surface area contributed by atoms with Crippen molar-refractivity contribution in [2.75, 3.05) is 18.0 Å². The fourth-order valence-corrected chi connectivity index (χ4v) is 3.91. The van der Waals surface area contributed by atoms with E-state index in [0.717, 1.165) is 35.5 Å².